The second kappa shape index (κ2) is 3.88. The van der Waals surface area contributed by atoms with Crippen LogP contribution >= 0.6 is 0 Å². The lowest BCUT2D eigenvalue weighted by atomic mass is 9.74. The van der Waals surface area contributed by atoms with E-state index < -0.39 is 0 Å². The minimum atomic E-state index is 0.0147. The molecule has 0 atom stereocenters. The zero-order chi connectivity index (χ0) is 11.8. The van der Waals surface area contributed by atoms with Crippen molar-refractivity contribution in [1.82, 2.24) is 0 Å². The smallest absolute Gasteiger partial charge is 0.122 e. The summed E-state index contributed by atoms with van der Waals surface area (Å²) in [7, 11) is 0. The summed E-state index contributed by atoms with van der Waals surface area (Å²) in [6, 6.07) is 4.12. The van der Waals surface area contributed by atoms with Crippen molar-refractivity contribution in [2.45, 2.75) is 47.0 Å². The molecule has 1 heteroatoms. The molecule has 0 radical (unpaired) electrons. The number of phenolic OH excluding ortho intramolecular Hbond substituents is 1. The molecule has 0 aliphatic carbocycles. The molecule has 0 unspecified atom stereocenters. The van der Waals surface area contributed by atoms with Gasteiger partial charge in [-0.3, -0.25) is 0 Å². The van der Waals surface area contributed by atoms with Gasteiger partial charge in [0.1, 0.15) is 5.75 Å². The summed E-state index contributed by atoms with van der Waals surface area (Å²) in [4.78, 5) is 0. The molecule has 15 heavy (non-hydrogen) atoms. The van der Waals surface area contributed by atoms with Gasteiger partial charge in [-0.05, 0) is 30.7 Å². The third-order valence-corrected chi connectivity index (χ3v) is 3.58. The Hall–Kier alpha value is -0.980. The van der Waals surface area contributed by atoms with Crippen LogP contribution in [0.15, 0.2) is 12.1 Å². The maximum atomic E-state index is 10.1. The average molecular weight is 206 g/mol. The fraction of sp³-hybridized carbons (Fsp3) is 0.571. The minimum absolute atomic E-state index is 0.0147. The van der Waals surface area contributed by atoms with Crippen molar-refractivity contribution in [3.05, 3.63) is 28.8 Å². The van der Waals surface area contributed by atoms with Crippen LogP contribution in [-0.4, -0.2) is 5.11 Å². The average Bonchev–Trinajstić information content (AvgIpc) is 2.10. The third-order valence-electron chi connectivity index (χ3n) is 3.58. The van der Waals surface area contributed by atoms with E-state index in [9.17, 15) is 5.11 Å². The Bertz CT molecular complexity index is 362. The van der Waals surface area contributed by atoms with E-state index >= 15 is 0 Å². The van der Waals surface area contributed by atoms with Crippen LogP contribution in [0.5, 0.6) is 5.75 Å². The summed E-state index contributed by atoms with van der Waals surface area (Å²) in [5.74, 6) is 0.962. The molecule has 1 aromatic carbocycles. The van der Waals surface area contributed by atoms with Crippen molar-refractivity contribution < 1.29 is 5.11 Å². The summed E-state index contributed by atoms with van der Waals surface area (Å²) < 4.78 is 0. The van der Waals surface area contributed by atoms with Crippen LogP contribution in [0.1, 0.15) is 44.4 Å². The Morgan fingerprint density at radius 2 is 1.67 bits per heavy atom. The van der Waals surface area contributed by atoms with Crippen molar-refractivity contribution in [2.24, 2.45) is 5.92 Å². The first-order valence-electron chi connectivity index (χ1n) is 5.57. The molecule has 0 fully saturated rings. The van der Waals surface area contributed by atoms with E-state index in [4.69, 9.17) is 0 Å². The summed E-state index contributed by atoms with van der Waals surface area (Å²) in [6.07, 6.45) is 0. The molecule has 0 aliphatic rings. The zero-order valence-electron chi connectivity index (χ0n) is 10.7. The van der Waals surface area contributed by atoms with Gasteiger partial charge in [0.15, 0.2) is 0 Å². The van der Waals surface area contributed by atoms with Gasteiger partial charge >= 0.3 is 0 Å². The zero-order valence-corrected chi connectivity index (χ0v) is 10.7. The molecule has 1 N–H and O–H groups in total. The molecular formula is C14H22O. The largest absolute Gasteiger partial charge is 0.507 e. The van der Waals surface area contributed by atoms with Gasteiger partial charge < -0.3 is 5.11 Å². The lowest BCUT2D eigenvalue weighted by Crippen LogP contribution is -2.24. The van der Waals surface area contributed by atoms with Crippen LogP contribution in [0, 0.1) is 19.8 Å². The van der Waals surface area contributed by atoms with E-state index in [1.165, 1.54) is 5.56 Å². The molecular weight excluding hydrogens is 184 g/mol. The molecule has 0 amide bonds. The number of hydrogen-bond acceptors (Lipinski definition) is 1. The van der Waals surface area contributed by atoms with Crippen LogP contribution in [0.25, 0.3) is 0 Å². The number of hydrogen-bond donors (Lipinski definition) is 1. The minimum Gasteiger partial charge on any atom is -0.507 e. The molecule has 0 saturated heterocycles. The highest BCUT2D eigenvalue weighted by Gasteiger charge is 2.28. The first-order chi connectivity index (χ1) is 6.76. The molecule has 0 saturated carbocycles. The SMILES string of the molecule is Cc1cc(C)c(O)c(C(C)(C)C(C)C)c1. The highest BCUT2D eigenvalue weighted by molar-refractivity contribution is 5.46. The molecule has 0 bridgehead atoms. The van der Waals surface area contributed by atoms with Crippen LogP contribution in [-0.2, 0) is 5.41 Å². The molecule has 0 aromatic heterocycles. The summed E-state index contributed by atoms with van der Waals surface area (Å²) in [5, 5.41) is 10.1. The number of aromatic hydroxyl groups is 1. The number of aryl methyl sites for hydroxylation is 2. The van der Waals surface area contributed by atoms with E-state index in [-0.39, 0.29) is 5.41 Å². The van der Waals surface area contributed by atoms with E-state index in [1.807, 2.05) is 13.0 Å². The lowest BCUT2D eigenvalue weighted by Gasteiger charge is -2.31. The number of benzene rings is 1. The van der Waals surface area contributed by atoms with Gasteiger partial charge in [-0.2, -0.15) is 0 Å². The van der Waals surface area contributed by atoms with Crippen molar-refractivity contribution in [3.8, 4) is 5.75 Å². The van der Waals surface area contributed by atoms with Crippen molar-refractivity contribution in [3.63, 3.8) is 0 Å². The molecule has 0 aliphatic heterocycles. The van der Waals surface area contributed by atoms with Gasteiger partial charge in [0, 0.05) is 5.56 Å². The van der Waals surface area contributed by atoms with E-state index in [1.54, 1.807) is 0 Å². The second-order valence-electron chi connectivity index (χ2n) is 5.35. The first-order valence-corrected chi connectivity index (χ1v) is 5.57. The normalized spacial score (nSPS) is 12.2. The highest BCUT2D eigenvalue weighted by atomic mass is 16.3. The molecule has 1 aromatic rings. The van der Waals surface area contributed by atoms with Crippen LogP contribution < -0.4 is 0 Å². The predicted molar refractivity (Wildman–Crippen MR) is 65.4 cm³/mol. The molecule has 0 spiro atoms. The van der Waals surface area contributed by atoms with Crippen LogP contribution in [0.4, 0.5) is 0 Å². The van der Waals surface area contributed by atoms with Crippen LogP contribution in [0.2, 0.25) is 0 Å². The molecule has 84 valence electrons. The Labute approximate surface area is 93.1 Å². The Balaban J connectivity index is 3.37. The van der Waals surface area contributed by atoms with Gasteiger partial charge in [-0.15, -0.1) is 0 Å². The molecule has 1 rings (SSSR count). The van der Waals surface area contributed by atoms with Crippen molar-refractivity contribution in [1.29, 1.82) is 0 Å². The van der Waals surface area contributed by atoms with E-state index in [0.29, 0.717) is 11.7 Å². The van der Waals surface area contributed by atoms with Crippen LogP contribution in [0.3, 0.4) is 0 Å². The van der Waals surface area contributed by atoms with Crippen molar-refractivity contribution in [2.75, 3.05) is 0 Å². The third kappa shape index (κ3) is 2.17. The number of phenols is 1. The van der Waals surface area contributed by atoms with Gasteiger partial charge in [0.2, 0.25) is 0 Å². The molecule has 0 heterocycles. The second-order valence-corrected chi connectivity index (χ2v) is 5.35. The van der Waals surface area contributed by atoms with Gasteiger partial charge in [-0.25, -0.2) is 0 Å². The summed E-state index contributed by atoms with van der Waals surface area (Å²) >= 11 is 0. The van der Waals surface area contributed by atoms with E-state index in [0.717, 1.165) is 11.1 Å². The van der Waals surface area contributed by atoms with E-state index in [2.05, 4.69) is 40.7 Å². The Morgan fingerprint density at radius 1 is 1.13 bits per heavy atom. The Morgan fingerprint density at radius 3 is 2.13 bits per heavy atom. The number of rotatable bonds is 2. The van der Waals surface area contributed by atoms with Gasteiger partial charge in [-0.1, -0.05) is 45.4 Å². The highest BCUT2D eigenvalue weighted by Crippen LogP contribution is 2.38. The predicted octanol–water partition coefficient (Wildman–Crippen LogP) is 3.94. The fourth-order valence-electron chi connectivity index (χ4n) is 1.76. The maximum Gasteiger partial charge on any atom is 0.122 e. The fourth-order valence-corrected chi connectivity index (χ4v) is 1.76. The van der Waals surface area contributed by atoms with Gasteiger partial charge in [0.05, 0.1) is 0 Å². The summed E-state index contributed by atoms with van der Waals surface area (Å²) in [6.45, 7) is 12.8. The summed E-state index contributed by atoms with van der Waals surface area (Å²) in [5.41, 5.74) is 3.27. The maximum absolute atomic E-state index is 10.1. The monoisotopic (exact) mass is 206 g/mol. The van der Waals surface area contributed by atoms with Gasteiger partial charge in [0.25, 0.3) is 0 Å². The van der Waals surface area contributed by atoms with Crippen molar-refractivity contribution >= 4 is 0 Å². The topological polar surface area (TPSA) is 20.2 Å². The quantitative estimate of drug-likeness (QED) is 0.777. The molecule has 1 nitrogen and oxygen atoms in total. The standard InChI is InChI=1S/C14H22O/c1-9(2)14(5,6)12-8-10(3)7-11(4)13(12)15/h7-9,15H,1-6H3. The Kier molecular flexibility index (Phi) is 3.13. The lowest BCUT2D eigenvalue weighted by molar-refractivity contribution is 0.350. The first kappa shape index (κ1) is 12.1.